The Bertz CT molecular complexity index is 568. The van der Waals surface area contributed by atoms with Crippen molar-refractivity contribution in [2.45, 2.75) is 20.3 Å². The molecule has 0 saturated carbocycles. The summed E-state index contributed by atoms with van der Waals surface area (Å²) in [6.45, 7) is 6.08. The number of pyridine rings is 1. The molecule has 0 unspecified atom stereocenters. The number of likely N-dealkylation sites (tertiary alicyclic amines) is 1. The molecule has 3 heterocycles. The zero-order valence-corrected chi connectivity index (χ0v) is 11.3. The maximum absolute atomic E-state index is 12.3. The van der Waals surface area contributed by atoms with Gasteiger partial charge in [-0.1, -0.05) is 13.8 Å². The highest BCUT2D eigenvalue weighted by Gasteiger charge is 2.40. The molecule has 4 nitrogen and oxygen atoms in total. The number of hydrogen-bond donors (Lipinski definition) is 0. The fraction of sp³-hybridized carbons (Fsp3) is 0.462. The average Bonchev–Trinajstić information content (AvgIpc) is 2.77. The summed E-state index contributed by atoms with van der Waals surface area (Å²) >= 11 is 1.45. The molecule has 0 atom stereocenters. The molecule has 0 aromatic carbocycles. The minimum absolute atomic E-state index is 0.0575. The molecule has 1 fully saturated rings. The van der Waals surface area contributed by atoms with Crippen LogP contribution in [0.4, 0.5) is 0 Å². The van der Waals surface area contributed by atoms with E-state index in [0.29, 0.717) is 10.4 Å². The summed E-state index contributed by atoms with van der Waals surface area (Å²) in [5, 5.41) is 0.580. The fourth-order valence-electron chi connectivity index (χ4n) is 2.25. The third-order valence-electron chi connectivity index (χ3n) is 3.66. The van der Waals surface area contributed by atoms with E-state index < -0.39 is 0 Å². The molecule has 0 aliphatic carbocycles. The SMILES string of the molecule is CCC1(C)CN(C(=O)c2nc3cnccc3s2)C1. The van der Waals surface area contributed by atoms with E-state index in [4.69, 9.17) is 0 Å². The highest BCUT2D eigenvalue weighted by molar-refractivity contribution is 7.20. The van der Waals surface area contributed by atoms with Crippen LogP contribution in [-0.4, -0.2) is 33.9 Å². The van der Waals surface area contributed by atoms with Crippen molar-refractivity contribution in [3.05, 3.63) is 23.5 Å². The van der Waals surface area contributed by atoms with Crippen LogP contribution in [0.25, 0.3) is 10.2 Å². The molecule has 1 saturated heterocycles. The van der Waals surface area contributed by atoms with E-state index in [2.05, 4.69) is 23.8 Å². The predicted molar refractivity (Wildman–Crippen MR) is 71.7 cm³/mol. The first-order chi connectivity index (χ1) is 8.61. The van der Waals surface area contributed by atoms with Crippen LogP contribution in [-0.2, 0) is 0 Å². The minimum Gasteiger partial charge on any atom is -0.335 e. The van der Waals surface area contributed by atoms with Gasteiger partial charge in [-0.3, -0.25) is 9.78 Å². The van der Waals surface area contributed by atoms with Crippen molar-refractivity contribution in [3.8, 4) is 0 Å². The summed E-state index contributed by atoms with van der Waals surface area (Å²) in [5.74, 6) is 0.0575. The predicted octanol–water partition coefficient (Wildman–Crippen LogP) is 2.56. The number of nitrogens with zero attached hydrogens (tertiary/aromatic N) is 3. The number of carbonyl (C=O) groups excluding carboxylic acids is 1. The Morgan fingerprint density at radius 3 is 3.00 bits per heavy atom. The van der Waals surface area contributed by atoms with Crippen LogP contribution in [0.1, 0.15) is 30.1 Å². The first-order valence-electron chi connectivity index (χ1n) is 6.11. The van der Waals surface area contributed by atoms with Crippen molar-refractivity contribution in [2.75, 3.05) is 13.1 Å². The fourth-order valence-corrected chi connectivity index (χ4v) is 3.15. The minimum atomic E-state index is 0.0575. The van der Waals surface area contributed by atoms with Crippen molar-refractivity contribution in [1.29, 1.82) is 0 Å². The Morgan fingerprint density at radius 1 is 1.56 bits per heavy atom. The van der Waals surface area contributed by atoms with Gasteiger partial charge in [-0.05, 0) is 12.5 Å². The van der Waals surface area contributed by atoms with Gasteiger partial charge >= 0.3 is 0 Å². The molecular weight excluding hydrogens is 246 g/mol. The molecule has 2 aromatic rings. The highest BCUT2D eigenvalue weighted by atomic mass is 32.1. The second kappa shape index (κ2) is 4.02. The monoisotopic (exact) mass is 261 g/mol. The summed E-state index contributed by atoms with van der Waals surface area (Å²) < 4.78 is 1.02. The lowest BCUT2D eigenvalue weighted by atomic mass is 9.79. The molecule has 1 aliphatic rings. The molecule has 18 heavy (non-hydrogen) atoms. The Morgan fingerprint density at radius 2 is 2.33 bits per heavy atom. The lowest BCUT2D eigenvalue weighted by molar-refractivity contribution is 0.0134. The smallest absolute Gasteiger partial charge is 0.282 e. The van der Waals surface area contributed by atoms with Crippen LogP contribution in [0.15, 0.2) is 18.5 Å². The van der Waals surface area contributed by atoms with E-state index >= 15 is 0 Å². The molecule has 5 heteroatoms. The largest absolute Gasteiger partial charge is 0.335 e. The van der Waals surface area contributed by atoms with E-state index in [-0.39, 0.29) is 5.91 Å². The molecule has 3 rings (SSSR count). The summed E-state index contributed by atoms with van der Waals surface area (Å²) in [6.07, 6.45) is 4.54. The number of amides is 1. The number of carbonyl (C=O) groups is 1. The zero-order valence-electron chi connectivity index (χ0n) is 10.5. The van der Waals surface area contributed by atoms with Crippen molar-refractivity contribution in [1.82, 2.24) is 14.9 Å². The van der Waals surface area contributed by atoms with Crippen molar-refractivity contribution in [3.63, 3.8) is 0 Å². The maximum Gasteiger partial charge on any atom is 0.282 e. The molecule has 1 aliphatic heterocycles. The van der Waals surface area contributed by atoms with Crippen molar-refractivity contribution in [2.24, 2.45) is 5.41 Å². The molecular formula is C13H15N3OS. The lowest BCUT2D eigenvalue weighted by Gasteiger charge is -2.47. The quantitative estimate of drug-likeness (QED) is 0.834. The average molecular weight is 261 g/mol. The Hall–Kier alpha value is -1.49. The third kappa shape index (κ3) is 1.79. The van der Waals surface area contributed by atoms with Gasteiger partial charge in [0.25, 0.3) is 5.91 Å². The van der Waals surface area contributed by atoms with E-state index in [9.17, 15) is 4.79 Å². The van der Waals surface area contributed by atoms with Crippen molar-refractivity contribution < 1.29 is 4.79 Å². The van der Waals surface area contributed by atoms with Crippen LogP contribution in [0.2, 0.25) is 0 Å². The summed E-state index contributed by atoms with van der Waals surface area (Å²) in [7, 11) is 0. The number of thiazole rings is 1. The van der Waals surface area contributed by atoms with Gasteiger partial charge < -0.3 is 4.90 Å². The van der Waals surface area contributed by atoms with E-state index in [1.165, 1.54) is 11.3 Å². The van der Waals surface area contributed by atoms with Crippen LogP contribution in [0, 0.1) is 5.41 Å². The summed E-state index contributed by atoms with van der Waals surface area (Å²) in [4.78, 5) is 22.5. The topological polar surface area (TPSA) is 46.1 Å². The normalized spacial score (nSPS) is 17.8. The maximum atomic E-state index is 12.3. The highest BCUT2D eigenvalue weighted by Crippen LogP contribution is 2.34. The van der Waals surface area contributed by atoms with Crippen LogP contribution in [0.5, 0.6) is 0 Å². The van der Waals surface area contributed by atoms with Crippen LogP contribution < -0.4 is 0 Å². The molecule has 0 radical (unpaired) electrons. The molecule has 2 aromatic heterocycles. The van der Waals surface area contributed by atoms with E-state index in [0.717, 1.165) is 29.7 Å². The van der Waals surface area contributed by atoms with Gasteiger partial charge in [0.15, 0.2) is 5.01 Å². The standard InChI is InChI=1S/C13H15N3OS/c1-3-13(2)7-16(8-13)12(17)11-15-9-6-14-5-4-10(9)18-11/h4-6H,3,7-8H2,1-2H3. The molecule has 0 N–H and O–H groups in total. The number of fused-ring (bicyclic) bond motifs is 1. The van der Waals surface area contributed by atoms with Crippen LogP contribution in [0.3, 0.4) is 0 Å². The second-order valence-corrected chi connectivity index (χ2v) is 6.22. The zero-order chi connectivity index (χ0) is 12.8. The van der Waals surface area contributed by atoms with E-state index in [1.54, 1.807) is 12.4 Å². The van der Waals surface area contributed by atoms with E-state index in [1.807, 2.05) is 11.0 Å². The number of aromatic nitrogens is 2. The second-order valence-electron chi connectivity index (χ2n) is 5.19. The first-order valence-corrected chi connectivity index (χ1v) is 6.93. The molecule has 1 amide bonds. The molecule has 0 bridgehead atoms. The molecule has 94 valence electrons. The van der Waals surface area contributed by atoms with Gasteiger partial charge in [-0.25, -0.2) is 4.98 Å². The number of rotatable bonds is 2. The summed E-state index contributed by atoms with van der Waals surface area (Å²) in [5.41, 5.74) is 1.11. The van der Waals surface area contributed by atoms with Gasteiger partial charge in [0.1, 0.15) is 5.52 Å². The Balaban J connectivity index is 1.81. The van der Waals surface area contributed by atoms with Gasteiger partial charge in [0.2, 0.25) is 0 Å². The van der Waals surface area contributed by atoms with Gasteiger partial charge in [-0.15, -0.1) is 11.3 Å². The van der Waals surface area contributed by atoms with Gasteiger partial charge in [0.05, 0.1) is 10.9 Å². The summed E-state index contributed by atoms with van der Waals surface area (Å²) in [6, 6.07) is 1.90. The molecule has 0 spiro atoms. The van der Waals surface area contributed by atoms with Crippen LogP contribution >= 0.6 is 11.3 Å². The lowest BCUT2D eigenvalue weighted by Crippen LogP contribution is -2.56. The third-order valence-corrected chi connectivity index (χ3v) is 4.68. The Kier molecular flexibility index (Phi) is 2.59. The van der Waals surface area contributed by atoms with Gasteiger partial charge in [-0.2, -0.15) is 0 Å². The van der Waals surface area contributed by atoms with Gasteiger partial charge in [0, 0.05) is 24.7 Å². The first kappa shape index (κ1) is 11.6. The van der Waals surface area contributed by atoms with Crippen molar-refractivity contribution >= 4 is 27.5 Å². The Labute approximate surface area is 110 Å². The number of hydrogen-bond acceptors (Lipinski definition) is 4.